The lowest BCUT2D eigenvalue weighted by atomic mass is 10.1. The summed E-state index contributed by atoms with van der Waals surface area (Å²) in [6, 6.07) is 4.39. The van der Waals surface area contributed by atoms with Gasteiger partial charge in [0.05, 0.1) is 6.10 Å². The number of nitrogens with zero attached hydrogens (tertiary/aromatic N) is 1. The molecule has 98 valence electrons. The molecule has 0 atom stereocenters. The Morgan fingerprint density at radius 2 is 2.28 bits per heavy atom. The maximum atomic E-state index is 5.71. The average Bonchev–Trinajstić information content (AvgIpc) is 2.36. The van der Waals surface area contributed by atoms with Gasteiger partial charge >= 0.3 is 0 Å². The molecule has 2 aliphatic rings. The van der Waals surface area contributed by atoms with Crippen molar-refractivity contribution in [1.82, 2.24) is 10.3 Å². The minimum absolute atomic E-state index is 0.447. The van der Waals surface area contributed by atoms with Crippen LogP contribution in [0.25, 0.3) is 0 Å². The molecule has 0 unspecified atom stereocenters. The number of anilines is 1. The number of rotatable bonds is 5. The van der Waals surface area contributed by atoms with E-state index in [1.807, 2.05) is 0 Å². The van der Waals surface area contributed by atoms with E-state index in [4.69, 9.17) is 4.74 Å². The first-order valence-corrected chi connectivity index (χ1v) is 6.97. The highest BCUT2D eigenvalue weighted by Gasteiger charge is 2.16. The summed E-state index contributed by atoms with van der Waals surface area (Å²) >= 11 is 0. The maximum Gasteiger partial charge on any atom is 0.129 e. The third-order valence-corrected chi connectivity index (χ3v) is 3.63. The first-order valence-electron chi connectivity index (χ1n) is 6.97. The van der Waals surface area contributed by atoms with Gasteiger partial charge in [0, 0.05) is 31.9 Å². The van der Waals surface area contributed by atoms with Crippen LogP contribution in [0, 0.1) is 0 Å². The van der Waals surface area contributed by atoms with E-state index in [1.54, 1.807) is 0 Å². The van der Waals surface area contributed by atoms with E-state index in [0.717, 1.165) is 51.3 Å². The van der Waals surface area contributed by atoms with Gasteiger partial charge in [-0.3, -0.25) is 0 Å². The highest BCUT2D eigenvalue weighted by Crippen LogP contribution is 2.20. The molecule has 3 rings (SSSR count). The Bertz CT molecular complexity index is 404. The van der Waals surface area contributed by atoms with E-state index in [0.29, 0.717) is 6.10 Å². The summed E-state index contributed by atoms with van der Waals surface area (Å²) in [7, 11) is 0. The van der Waals surface area contributed by atoms with Crippen molar-refractivity contribution in [2.24, 2.45) is 0 Å². The second kappa shape index (κ2) is 5.67. The summed E-state index contributed by atoms with van der Waals surface area (Å²) < 4.78 is 5.71. The van der Waals surface area contributed by atoms with E-state index in [9.17, 15) is 0 Å². The number of hydrogen-bond acceptors (Lipinski definition) is 4. The van der Waals surface area contributed by atoms with Crippen LogP contribution >= 0.6 is 0 Å². The van der Waals surface area contributed by atoms with E-state index in [2.05, 4.69) is 27.8 Å². The number of aromatic nitrogens is 1. The number of pyridine rings is 1. The van der Waals surface area contributed by atoms with E-state index in [-0.39, 0.29) is 0 Å². The molecular weight excluding hydrogens is 226 g/mol. The minimum Gasteiger partial charge on any atom is -0.376 e. The molecule has 18 heavy (non-hydrogen) atoms. The highest BCUT2D eigenvalue weighted by atomic mass is 16.5. The van der Waals surface area contributed by atoms with E-state index in [1.165, 1.54) is 17.7 Å². The molecular formula is C14H21N3O. The largest absolute Gasteiger partial charge is 0.376 e. The number of nitrogens with one attached hydrogen (secondary N) is 2. The van der Waals surface area contributed by atoms with Crippen molar-refractivity contribution >= 4 is 5.82 Å². The van der Waals surface area contributed by atoms with Gasteiger partial charge in [-0.25, -0.2) is 4.98 Å². The van der Waals surface area contributed by atoms with Crippen molar-refractivity contribution in [2.75, 3.05) is 31.6 Å². The van der Waals surface area contributed by atoms with Gasteiger partial charge in [0.1, 0.15) is 5.82 Å². The molecule has 0 bridgehead atoms. The molecule has 1 saturated heterocycles. The summed E-state index contributed by atoms with van der Waals surface area (Å²) in [6.07, 6.45) is 4.89. The number of aryl methyl sites for hydroxylation is 2. The fraction of sp³-hybridized carbons (Fsp3) is 0.643. The van der Waals surface area contributed by atoms with Gasteiger partial charge in [-0.1, -0.05) is 6.07 Å². The van der Waals surface area contributed by atoms with Gasteiger partial charge in [-0.2, -0.15) is 0 Å². The number of fused-ring (bicyclic) bond motifs is 1. The SMILES string of the molecule is c1cc2c(nc1CCCOC1CNC1)NCCC2. The Hall–Kier alpha value is -1.13. The lowest BCUT2D eigenvalue weighted by Gasteiger charge is -2.27. The van der Waals surface area contributed by atoms with Crippen molar-refractivity contribution in [3.05, 3.63) is 23.4 Å². The van der Waals surface area contributed by atoms with Gasteiger partial charge in [-0.15, -0.1) is 0 Å². The third-order valence-electron chi connectivity index (χ3n) is 3.63. The second-order valence-corrected chi connectivity index (χ2v) is 5.10. The molecule has 2 N–H and O–H groups in total. The minimum atomic E-state index is 0.447. The van der Waals surface area contributed by atoms with Gasteiger partial charge in [0.2, 0.25) is 0 Å². The Morgan fingerprint density at radius 1 is 1.33 bits per heavy atom. The molecule has 4 nitrogen and oxygen atoms in total. The van der Waals surface area contributed by atoms with Gasteiger partial charge in [0.25, 0.3) is 0 Å². The molecule has 3 heterocycles. The van der Waals surface area contributed by atoms with Crippen molar-refractivity contribution in [1.29, 1.82) is 0 Å². The molecule has 0 radical (unpaired) electrons. The fourth-order valence-corrected chi connectivity index (χ4v) is 2.39. The Morgan fingerprint density at radius 3 is 3.11 bits per heavy atom. The fourth-order valence-electron chi connectivity index (χ4n) is 2.39. The standard InChI is InChI=1S/C14H21N3O/c1-3-11-5-6-12(17-14(11)16-7-1)4-2-8-18-13-9-15-10-13/h5-6,13,15H,1-4,7-10H2,(H,16,17). The molecule has 1 aromatic rings. The summed E-state index contributed by atoms with van der Waals surface area (Å²) in [5.74, 6) is 1.10. The highest BCUT2D eigenvalue weighted by molar-refractivity contribution is 5.46. The molecule has 0 amide bonds. The van der Waals surface area contributed by atoms with Crippen LogP contribution in [0.15, 0.2) is 12.1 Å². The van der Waals surface area contributed by atoms with Crippen molar-refractivity contribution in [3.8, 4) is 0 Å². The van der Waals surface area contributed by atoms with Crippen LogP contribution < -0.4 is 10.6 Å². The van der Waals surface area contributed by atoms with Crippen LogP contribution in [0.4, 0.5) is 5.82 Å². The lowest BCUT2D eigenvalue weighted by Crippen LogP contribution is -2.48. The van der Waals surface area contributed by atoms with Crippen molar-refractivity contribution < 1.29 is 4.74 Å². The van der Waals surface area contributed by atoms with Crippen molar-refractivity contribution in [3.63, 3.8) is 0 Å². The smallest absolute Gasteiger partial charge is 0.129 e. The summed E-state index contributed by atoms with van der Waals surface area (Å²) in [5.41, 5.74) is 2.54. The average molecular weight is 247 g/mol. The molecule has 0 spiro atoms. The van der Waals surface area contributed by atoms with Crippen LogP contribution in [0.3, 0.4) is 0 Å². The zero-order valence-electron chi connectivity index (χ0n) is 10.7. The zero-order valence-corrected chi connectivity index (χ0v) is 10.7. The Balaban J connectivity index is 1.46. The molecule has 0 aromatic carbocycles. The van der Waals surface area contributed by atoms with Crippen LogP contribution in [0.2, 0.25) is 0 Å². The third kappa shape index (κ3) is 2.82. The first-order chi connectivity index (χ1) is 8.92. The second-order valence-electron chi connectivity index (χ2n) is 5.10. The monoisotopic (exact) mass is 247 g/mol. The quantitative estimate of drug-likeness (QED) is 0.771. The van der Waals surface area contributed by atoms with Crippen LogP contribution in [0.1, 0.15) is 24.1 Å². The molecule has 1 fully saturated rings. The lowest BCUT2D eigenvalue weighted by molar-refractivity contribution is 0.0178. The van der Waals surface area contributed by atoms with Crippen LogP contribution in [-0.4, -0.2) is 37.3 Å². The summed E-state index contributed by atoms with van der Waals surface area (Å²) in [4.78, 5) is 4.69. The van der Waals surface area contributed by atoms with Gasteiger partial charge in [0.15, 0.2) is 0 Å². The van der Waals surface area contributed by atoms with E-state index < -0.39 is 0 Å². The van der Waals surface area contributed by atoms with Crippen molar-refractivity contribution in [2.45, 2.75) is 31.8 Å². The molecule has 1 aromatic heterocycles. The van der Waals surface area contributed by atoms with Crippen LogP contribution in [0.5, 0.6) is 0 Å². The predicted molar refractivity (Wildman–Crippen MR) is 72.0 cm³/mol. The summed E-state index contributed by atoms with van der Waals surface area (Å²) in [5, 5.41) is 6.59. The number of ether oxygens (including phenoxy) is 1. The molecule has 0 aliphatic carbocycles. The predicted octanol–water partition coefficient (Wildman–Crippen LogP) is 1.36. The van der Waals surface area contributed by atoms with Gasteiger partial charge < -0.3 is 15.4 Å². The first kappa shape index (κ1) is 11.9. The molecule has 4 heteroatoms. The van der Waals surface area contributed by atoms with E-state index >= 15 is 0 Å². The number of hydrogen-bond donors (Lipinski definition) is 2. The maximum absolute atomic E-state index is 5.71. The molecule has 0 saturated carbocycles. The zero-order chi connectivity index (χ0) is 12.2. The topological polar surface area (TPSA) is 46.2 Å². The normalized spacial score (nSPS) is 18.9. The molecule has 2 aliphatic heterocycles. The van der Waals surface area contributed by atoms with Gasteiger partial charge in [-0.05, 0) is 37.3 Å². The van der Waals surface area contributed by atoms with Crippen LogP contribution in [-0.2, 0) is 17.6 Å². The summed E-state index contributed by atoms with van der Waals surface area (Å²) in [6.45, 7) is 3.93. The Kier molecular flexibility index (Phi) is 3.76. The Labute approximate surface area is 108 Å².